The Balaban J connectivity index is 2.48. The van der Waals surface area contributed by atoms with Crippen molar-refractivity contribution in [3.05, 3.63) is 40.7 Å². The normalized spacial score (nSPS) is 11.1. The maximum Gasteiger partial charge on any atom is 0.0675 e. The van der Waals surface area contributed by atoms with Crippen LogP contribution in [0, 0.1) is 20.8 Å². The molecular weight excluding hydrogens is 246 g/mol. The van der Waals surface area contributed by atoms with Gasteiger partial charge in [-0.05, 0) is 57.0 Å². The third-order valence-electron chi connectivity index (χ3n) is 3.83. The second-order valence-electron chi connectivity index (χ2n) is 5.29. The molecule has 0 spiro atoms. The second kappa shape index (κ2) is 6.23. The molecule has 1 aromatic carbocycles. The molecule has 2 rings (SSSR count). The molecule has 2 aromatic rings. The molecule has 0 fully saturated rings. The Bertz CT molecular complexity index is 597. The van der Waals surface area contributed by atoms with Crippen LogP contribution in [-0.2, 0) is 13.1 Å². The zero-order valence-corrected chi connectivity index (χ0v) is 13.2. The van der Waals surface area contributed by atoms with Crippen molar-refractivity contribution in [1.29, 1.82) is 0 Å². The van der Waals surface area contributed by atoms with Gasteiger partial charge in [0.2, 0.25) is 0 Å². The van der Waals surface area contributed by atoms with Gasteiger partial charge < -0.3 is 5.32 Å². The minimum atomic E-state index is 0.919. The Morgan fingerprint density at radius 1 is 1.15 bits per heavy atom. The lowest BCUT2D eigenvalue weighted by Crippen LogP contribution is -2.11. The highest BCUT2D eigenvalue weighted by Crippen LogP contribution is 2.30. The van der Waals surface area contributed by atoms with Gasteiger partial charge in [-0.3, -0.25) is 4.68 Å². The van der Waals surface area contributed by atoms with E-state index >= 15 is 0 Å². The van der Waals surface area contributed by atoms with Crippen LogP contribution in [0.1, 0.15) is 36.4 Å². The van der Waals surface area contributed by atoms with Gasteiger partial charge in [0.1, 0.15) is 0 Å². The number of benzene rings is 1. The van der Waals surface area contributed by atoms with E-state index in [1.807, 2.05) is 0 Å². The third kappa shape index (κ3) is 2.78. The first-order valence-electron chi connectivity index (χ1n) is 7.43. The average molecular weight is 271 g/mol. The first-order chi connectivity index (χ1) is 9.58. The molecule has 3 nitrogen and oxygen atoms in total. The summed E-state index contributed by atoms with van der Waals surface area (Å²) in [6, 6.07) is 6.72. The lowest BCUT2D eigenvalue weighted by atomic mass is 9.96. The maximum absolute atomic E-state index is 4.64. The highest BCUT2D eigenvalue weighted by molar-refractivity contribution is 5.72. The Hall–Kier alpha value is -1.61. The molecule has 0 amide bonds. The molecule has 0 unspecified atom stereocenters. The molecule has 0 atom stereocenters. The minimum absolute atomic E-state index is 0.919. The van der Waals surface area contributed by atoms with Crippen LogP contribution in [0.4, 0.5) is 0 Å². The smallest absolute Gasteiger partial charge is 0.0675 e. The van der Waals surface area contributed by atoms with Crippen LogP contribution in [-0.4, -0.2) is 16.3 Å². The van der Waals surface area contributed by atoms with Crippen molar-refractivity contribution < 1.29 is 0 Å². The Labute approximate surface area is 122 Å². The number of hydrogen-bond donors (Lipinski definition) is 1. The number of nitrogens with one attached hydrogen (secondary N) is 1. The largest absolute Gasteiger partial charge is 0.313 e. The molecule has 3 heteroatoms. The molecule has 20 heavy (non-hydrogen) atoms. The molecule has 0 saturated carbocycles. The van der Waals surface area contributed by atoms with Crippen molar-refractivity contribution in [2.45, 2.75) is 47.7 Å². The molecule has 1 heterocycles. The summed E-state index contributed by atoms with van der Waals surface area (Å²) in [5.74, 6) is 0. The van der Waals surface area contributed by atoms with Crippen LogP contribution in [0.25, 0.3) is 11.1 Å². The van der Waals surface area contributed by atoms with Crippen LogP contribution in [0.3, 0.4) is 0 Å². The van der Waals surface area contributed by atoms with E-state index in [1.54, 1.807) is 0 Å². The number of hydrogen-bond acceptors (Lipinski definition) is 2. The molecule has 0 aliphatic rings. The molecule has 1 N–H and O–H groups in total. The van der Waals surface area contributed by atoms with Crippen molar-refractivity contribution in [2.24, 2.45) is 0 Å². The summed E-state index contributed by atoms with van der Waals surface area (Å²) in [4.78, 5) is 0. The zero-order valence-electron chi connectivity index (χ0n) is 13.2. The second-order valence-corrected chi connectivity index (χ2v) is 5.29. The predicted octanol–water partition coefficient (Wildman–Crippen LogP) is 3.60. The topological polar surface area (TPSA) is 29.9 Å². The van der Waals surface area contributed by atoms with Gasteiger partial charge in [-0.15, -0.1) is 0 Å². The maximum atomic E-state index is 4.64. The molecular formula is C17H25N3. The van der Waals surface area contributed by atoms with Gasteiger partial charge >= 0.3 is 0 Å². The van der Waals surface area contributed by atoms with Gasteiger partial charge in [0, 0.05) is 24.3 Å². The lowest BCUT2D eigenvalue weighted by Gasteiger charge is -2.10. The molecule has 0 radical (unpaired) electrons. The van der Waals surface area contributed by atoms with Gasteiger partial charge in [-0.25, -0.2) is 0 Å². The van der Waals surface area contributed by atoms with Gasteiger partial charge in [-0.1, -0.05) is 19.1 Å². The first-order valence-corrected chi connectivity index (χ1v) is 7.43. The van der Waals surface area contributed by atoms with E-state index in [9.17, 15) is 0 Å². The summed E-state index contributed by atoms with van der Waals surface area (Å²) in [5, 5.41) is 8.03. The fourth-order valence-corrected chi connectivity index (χ4v) is 2.71. The van der Waals surface area contributed by atoms with E-state index in [4.69, 9.17) is 0 Å². The molecule has 0 aliphatic carbocycles. The van der Waals surface area contributed by atoms with Crippen LogP contribution in [0.15, 0.2) is 18.2 Å². The fourth-order valence-electron chi connectivity index (χ4n) is 2.71. The summed E-state index contributed by atoms with van der Waals surface area (Å²) in [6.07, 6.45) is 0. The van der Waals surface area contributed by atoms with Gasteiger partial charge in [0.05, 0.1) is 5.69 Å². The highest BCUT2D eigenvalue weighted by atomic mass is 15.3. The summed E-state index contributed by atoms with van der Waals surface area (Å²) in [5.41, 5.74) is 7.63. The van der Waals surface area contributed by atoms with Crippen LogP contribution in [0.2, 0.25) is 0 Å². The van der Waals surface area contributed by atoms with E-state index in [1.165, 1.54) is 27.9 Å². The number of aryl methyl sites for hydroxylation is 3. The Kier molecular flexibility index (Phi) is 4.61. The molecule has 108 valence electrons. The molecule has 0 saturated heterocycles. The average Bonchev–Trinajstić information content (AvgIpc) is 2.73. The summed E-state index contributed by atoms with van der Waals surface area (Å²) >= 11 is 0. The summed E-state index contributed by atoms with van der Waals surface area (Å²) in [6.45, 7) is 13.5. The standard InChI is InChI=1S/C17H25N3/c1-6-18-11-15-9-8-12(3)16(10-15)17-13(4)19-20(7-2)14(17)5/h8-10,18H,6-7,11H2,1-5H3. The van der Waals surface area contributed by atoms with E-state index in [0.717, 1.165) is 25.3 Å². The first kappa shape index (κ1) is 14.8. The quantitative estimate of drug-likeness (QED) is 0.900. The Morgan fingerprint density at radius 2 is 1.90 bits per heavy atom. The van der Waals surface area contributed by atoms with Crippen molar-refractivity contribution in [1.82, 2.24) is 15.1 Å². The summed E-state index contributed by atoms with van der Waals surface area (Å²) < 4.78 is 2.08. The molecule has 1 aromatic heterocycles. The lowest BCUT2D eigenvalue weighted by molar-refractivity contribution is 0.634. The van der Waals surface area contributed by atoms with Gasteiger partial charge in [-0.2, -0.15) is 5.10 Å². The van der Waals surface area contributed by atoms with Crippen molar-refractivity contribution >= 4 is 0 Å². The fraction of sp³-hybridized carbons (Fsp3) is 0.471. The van der Waals surface area contributed by atoms with E-state index in [0.29, 0.717) is 0 Å². The number of rotatable bonds is 5. The van der Waals surface area contributed by atoms with Gasteiger partial charge in [0.25, 0.3) is 0 Å². The van der Waals surface area contributed by atoms with E-state index in [2.05, 4.69) is 67.9 Å². The minimum Gasteiger partial charge on any atom is -0.313 e. The SMILES string of the molecule is CCNCc1ccc(C)c(-c2c(C)nn(CC)c2C)c1. The van der Waals surface area contributed by atoms with E-state index in [-0.39, 0.29) is 0 Å². The highest BCUT2D eigenvalue weighted by Gasteiger charge is 2.14. The molecule has 0 bridgehead atoms. The van der Waals surface area contributed by atoms with E-state index < -0.39 is 0 Å². The van der Waals surface area contributed by atoms with Crippen molar-refractivity contribution in [3.63, 3.8) is 0 Å². The van der Waals surface area contributed by atoms with Crippen molar-refractivity contribution in [3.8, 4) is 11.1 Å². The number of aromatic nitrogens is 2. The number of nitrogens with zero attached hydrogens (tertiary/aromatic N) is 2. The molecule has 0 aliphatic heterocycles. The van der Waals surface area contributed by atoms with Crippen molar-refractivity contribution in [2.75, 3.05) is 6.54 Å². The predicted molar refractivity (Wildman–Crippen MR) is 84.9 cm³/mol. The third-order valence-corrected chi connectivity index (χ3v) is 3.83. The zero-order chi connectivity index (χ0) is 14.7. The Morgan fingerprint density at radius 3 is 2.50 bits per heavy atom. The van der Waals surface area contributed by atoms with Crippen LogP contribution >= 0.6 is 0 Å². The monoisotopic (exact) mass is 271 g/mol. The van der Waals surface area contributed by atoms with Crippen LogP contribution in [0.5, 0.6) is 0 Å². The summed E-state index contributed by atoms with van der Waals surface area (Å²) in [7, 11) is 0. The van der Waals surface area contributed by atoms with Gasteiger partial charge in [0.15, 0.2) is 0 Å². The van der Waals surface area contributed by atoms with Crippen LogP contribution < -0.4 is 5.32 Å².